The Hall–Kier alpha value is -4.02. The first kappa shape index (κ1) is 18.7. The summed E-state index contributed by atoms with van der Waals surface area (Å²) in [4.78, 5) is 0. The molecular weight excluding hydrogens is 393 g/mol. The van der Waals surface area contributed by atoms with Crippen molar-refractivity contribution >= 4 is 40.3 Å². The van der Waals surface area contributed by atoms with Gasteiger partial charge in [0.25, 0.3) is 0 Å². The van der Waals surface area contributed by atoms with Gasteiger partial charge in [0.15, 0.2) is 0 Å². The van der Waals surface area contributed by atoms with Crippen molar-refractivity contribution in [1.82, 2.24) is 4.57 Å². The van der Waals surface area contributed by atoms with Crippen molar-refractivity contribution in [3.8, 4) is 22.6 Å². The summed E-state index contributed by atoms with van der Waals surface area (Å²) in [6, 6.07) is 37.8. The monoisotopic (exact) mass is 412 g/mol. The number of hydrogen-bond donors (Lipinski definition) is 1. The number of hydrogen-bond acceptors (Lipinski definition) is 2. The number of rotatable bonds is 4. The van der Waals surface area contributed by atoms with Gasteiger partial charge in [0.1, 0.15) is 5.75 Å². The molecule has 0 spiro atoms. The summed E-state index contributed by atoms with van der Waals surface area (Å²) in [5.41, 5.74) is 5.72. The predicted octanol–water partition coefficient (Wildman–Crippen LogP) is 6.51. The van der Waals surface area contributed by atoms with Crippen molar-refractivity contribution in [2.24, 2.45) is 0 Å². The highest BCUT2D eigenvalue weighted by molar-refractivity contribution is 6.22. The van der Waals surface area contributed by atoms with Gasteiger partial charge in [0, 0.05) is 16.5 Å². The van der Waals surface area contributed by atoms with Crippen molar-refractivity contribution < 1.29 is 9.68 Å². The van der Waals surface area contributed by atoms with Crippen LogP contribution in [0.5, 0.6) is 5.75 Å². The fourth-order valence-electron chi connectivity index (χ4n) is 4.62. The highest BCUT2D eigenvalue weighted by Gasteiger charge is 2.15. The van der Waals surface area contributed by atoms with E-state index in [4.69, 9.17) is 9.68 Å². The number of fused-ring (bicyclic) bond motifs is 5. The third-order valence-electron chi connectivity index (χ3n) is 6.05. The maximum absolute atomic E-state index is 9.13. The molecule has 0 aliphatic heterocycles. The van der Waals surface area contributed by atoms with Gasteiger partial charge in [0.2, 0.25) is 0 Å². The zero-order valence-electron chi connectivity index (χ0n) is 17.3. The van der Waals surface area contributed by atoms with Crippen molar-refractivity contribution in [1.29, 1.82) is 0 Å². The molecule has 0 amide bonds. The van der Waals surface area contributed by atoms with Crippen molar-refractivity contribution in [3.63, 3.8) is 0 Å². The molecule has 0 aliphatic rings. The van der Waals surface area contributed by atoms with Gasteiger partial charge in [-0.2, -0.15) is 0 Å². The number of aromatic nitrogens is 1. The lowest BCUT2D eigenvalue weighted by Crippen LogP contribution is -1.99. The van der Waals surface area contributed by atoms with Crippen LogP contribution in [0.25, 0.3) is 49.4 Å². The average Bonchev–Trinajstić information content (AvgIpc) is 3.19. The van der Waals surface area contributed by atoms with Gasteiger partial charge in [-0.15, -0.1) is 0 Å². The van der Waals surface area contributed by atoms with E-state index in [-0.39, 0.29) is 0 Å². The van der Waals surface area contributed by atoms with E-state index in [1.54, 1.807) is 0 Å². The van der Waals surface area contributed by atoms with E-state index in [2.05, 4.69) is 89.5 Å². The molecular formula is C28H19BNO2. The van der Waals surface area contributed by atoms with Crippen LogP contribution in [0.15, 0.2) is 109 Å². The second-order valence-electron chi connectivity index (χ2n) is 7.83. The summed E-state index contributed by atoms with van der Waals surface area (Å²) in [5, 5.41) is 13.8. The third-order valence-corrected chi connectivity index (χ3v) is 6.05. The molecule has 1 radical (unpaired) electrons. The summed E-state index contributed by atoms with van der Waals surface area (Å²) in [6.07, 6.45) is 0. The lowest BCUT2D eigenvalue weighted by molar-refractivity contribution is 0.454. The van der Waals surface area contributed by atoms with Crippen molar-refractivity contribution in [3.05, 3.63) is 109 Å². The van der Waals surface area contributed by atoms with Crippen LogP contribution >= 0.6 is 0 Å². The van der Waals surface area contributed by atoms with Crippen LogP contribution in [-0.2, 0) is 0 Å². The molecule has 0 aliphatic carbocycles. The van der Waals surface area contributed by atoms with Crippen molar-refractivity contribution in [2.75, 3.05) is 0 Å². The van der Waals surface area contributed by atoms with Crippen LogP contribution in [0, 0.1) is 0 Å². The van der Waals surface area contributed by atoms with E-state index in [0.29, 0.717) is 5.75 Å². The molecule has 0 saturated carbocycles. The molecule has 4 heteroatoms. The van der Waals surface area contributed by atoms with E-state index < -0.39 is 0 Å². The van der Waals surface area contributed by atoms with E-state index >= 15 is 0 Å². The van der Waals surface area contributed by atoms with Gasteiger partial charge >= 0.3 is 7.69 Å². The molecule has 151 valence electrons. The molecule has 32 heavy (non-hydrogen) atoms. The van der Waals surface area contributed by atoms with E-state index in [1.165, 1.54) is 27.3 Å². The molecule has 3 nitrogen and oxygen atoms in total. The van der Waals surface area contributed by atoms with Gasteiger partial charge in [-0.05, 0) is 58.3 Å². The molecule has 0 saturated heterocycles. The molecule has 6 aromatic rings. The molecule has 1 aromatic heterocycles. The Morgan fingerprint density at radius 2 is 1.34 bits per heavy atom. The van der Waals surface area contributed by atoms with E-state index in [1.807, 2.05) is 24.3 Å². The molecule has 1 N–H and O–H groups in total. The SMILES string of the molecule is O[B]Oc1ccc2c(c1)c1c3ccccc3ccc1n2-c1ccc(-c2ccccc2)cc1. The molecule has 0 bridgehead atoms. The van der Waals surface area contributed by atoms with Crippen LogP contribution in [0.2, 0.25) is 0 Å². The largest absolute Gasteiger partial charge is 0.569 e. The Labute approximate surface area is 186 Å². The molecule has 0 fully saturated rings. The third kappa shape index (κ3) is 2.96. The highest BCUT2D eigenvalue weighted by atomic mass is 16.5. The summed E-state index contributed by atoms with van der Waals surface area (Å²) < 4.78 is 7.57. The van der Waals surface area contributed by atoms with Gasteiger partial charge in [-0.3, -0.25) is 0 Å². The van der Waals surface area contributed by atoms with Crippen LogP contribution in [0.3, 0.4) is 0 Å². The lowest BCUT2D eigenvalue weighted by Gasteiger charge is -2.10. The Bertz CT molecular complexity index is 1570. The molecule has 0 atom stereocenters. The Morgan fingerprint density at radius 3 is 2.16 bits per heavy atom. The normalized spacial score (nSPS) is 11.3. The molecule has 6 rings (SSSR count). The van der Waals surface area contributed by atoms with Crippen LogP contribution in [0.4, 0.5) is 0 Å². The predicted molar refractivity (Wildman–Crippen MR) is 132 cm³/mol. The maximum atomic E-state index is 9.13. The van der Waals surface area contributed by atoms with E-state index in [0.717, 1.165) is 29.8 Å². The zero-order valence-corrected chi connectivity index (χ0v) is 17.3. The van der Waals surface area contributed by atoms with Crippen LogP contribution in [0.1, 0.15) is 0 Å². The molecule has 1 heterocycles. The quantitative estimate of drug-likeness (QED) is 0.335. The van der Waals surface area contributed by atoms with Crippen LogP contribution in [-0.4, -0.2) is 17.3 Å². The Balaban J connectivity index is 1.63. The van der Waals surface area contributed by atoms with Gasteiger partial charge in [-0.25, -0.2) is 0 Å². The summed E-state index contributed by atoms with van der Waals surface area (Å²) >= 11 is 0. The second kappa shape index (κ2) is 7.59. The first-order chi connectivity index (χ1) is 15.8. The fraction of sp³-hybridized carbons (Fsp3) is 0. The summed E-state index contributed by atoms with van der Waals surface area (Å²) in [5.74, 6) is 0.603. The second-order valence-corrected chi connectivity index (χ2v) is 7.83. The number of benzene rings is 5. The minimum Gasteiger partial charge on any atom is -0.537 e. The minimum atomic E-state index is 0.603. The smallest absolute Gasteiger partial charge is 0.537 e. The molecule has 0 unspecified atom stereocenters. The van der Waals surface area contributed by atoms with Gasteiger partial charge in [-0.1, -0.05) is 72.8 Å². The van der Waals surface area contributed by atoms with E-state index in [9.17, 15) is 0 Å². The first-order valence-electron chi connectivity index (χ1n) is 10.6. The van der Waals surface area contributed by atoms with Crippen molar-refractivity contribution in [2.45, 2.75) is 0 Å². The number of nitrogens with zero attached hydrogens (tertiary/aromatic N) is 1. The first-order valence-corrected chi connectivity index (χ1v) is 10.6. The summed E-state index contributed by atoms with van der Waals surface area (Å²) in [6.45, 7) is 0. The Kier molecular flexibility index (Phi) is 4.44. The average molecular weight is 412 g/mol. The topological polar surface area (TPSA) is 34.4 Å². The zero-order chi connectivity index (χ0) is 21.5. The lowest BCUT2D eigenvalue weighted by atomic mass is 10.0. The van der Waals surface area contributed by atoms with Gasteiger partial charge < -0.3 is 14.2 Å². The Morgan fingerprint density at radius 1 is 0.625 bits per heavy atom. The van der Waals surface area contributed by atoms with Gasteiger partial charge in [0.05, 0.1) is 11.0 Å². The highest BCUT2D eigenvalue weighted by Crippen LogP contribution is 2.38. The molecule has 5 aromatic carbocycles. The maximum Gasteiger partial charge on any atom is 0.569 e. The minimum absolute atomic E-state index is 0.603. The summed E-state index contributed by atoms with van der Waals surface area (Å²) in [7, 11) is 0.723. The van der Waals surface area contributed by atoms with Crippen LogP contribution < -0.4 is 4.65 Å². The standard InChI is InChI=1S/C28H19BNO2/c31-29-32-23-15-17-26-25(18-23)28-24-9-5-4-8-21(24)12-16-27(28)30(26)22-13-10-20(11-14-22)19-6-2-1-3-7-19/h1-18,31H. The fourth-order valence-corrected chi connectivity index (χ4v) is 4.62.